The van der Waals surface area contributed by atoms with E-state index in [0.29, 0.717) is 13.0 Å². The highest BCUT2D eigenvalue weighted by Gasteiger charge is 2.31. The molecule has 0 saturated carbocycles. The van der Waals surface area contributed by atoms with Crippen LogP contribution in [0.5, 0.6) is 0 Å². The lowest BCUT2D eigenvalue weighted by Crippen LogP contribution is -2.45. The van der Waals surface area contributed by atoms with Gasteiger partial charge in [-0.15, -0.1) is 6.58 Å². The Morgan fingerprint density at radius 1 is 1.56 bits per heavy atom. The van der Waals surface area contributed by atoms with Gasteiger partial charge in [-0.1, -0.05) is 6.08 Å². The first-order chi connectivity index (χ1) is 7.54. The number of carbonyl (C=O) groups is 2. The third kappa shape index (κ3) is 3.32. The Bertz CT molecular complexity index is 293. The van der Waals surface area contributed by atoms with Gasteiger partial charge in [0.05, 0.1) is 12.1 Å². The third-order valence-corrected chi connectivity index (χ3v) is 2.39. The Hall–Kier alpha value is -1.40. The van der Waals surface area contributed by atoms with Gasteiger partial charge in [0.25, 0.3) is 0 Å². The molecule has 0 radical (unpaired) electrons. The molecule has 1 aliphatic rings. The van der Waals surface area contributed by atoms with E-state index in [1.807, 2.05) is 0 Å². The summed E-state index contributed by atoms with van der Waals surface area (Å²) in [6, 6.07) is -0.491. The number of aliphatic carboxylic acids is 1. The monoisotopic (exact) mass is 228 g/mol. The van der Waals surface area contributed by atoms with E-state index in [1.54, 1.807) is 0 Å². The number of hydrogen-bond donors (Lipinski definition) is 3. The Morgan fingerprint density at radius 2 is 2.25 bits per heavy atom. The van der Waals surface area contributed by atoms with Crippen LogP contribution in [0.1, 0.15) is 6.42 Å². The van der Waals surface area contributed by atoms with E-state index in [1.165, 1.54) is 11.0 Å². The van der Waals surface area contributed by atoms with Crippen LogP contribution in [-0.2, 0) is 9.59 Å². The molecule has 0 aliphatic carbocycles. The summed E-state index contributed by atoms with van der Waals surface area (Å²) in [6.07, 6.45) is 1.27. The topological polar surface area (TPSA) is 89.9 Å². The molecule has 1 aliphatic heterocycles. The number of rotatable bonds is 5. The zero-order valence-electron chi connectivity index (χ0n) is 8.93. The summed E-state index contributed by atoms with van der Waals surface area (Å²) in [5.74, 6) is -1.37. The normalized spacial score (nSPS) is 24.1. The molecule has 0 aromatic rings. The zero-order valence-corrected chi connectivity index (χ0v) is 8.93. The highest BCUT2D eigenvalue weighted by molar-refractivity contribution is 5.85. The van der Waals surface area contributed by atoms with Crippen molar-refractivity contribution in [2.75, 3.05) is 19.6 Å². The average molecular weight is 228 g/mol. The molecular weight excluding hydrogens is 212 g/mol. The molecule has 1 fully saturated rings. The minimum absolute atomic E-state index is 0.194. The van der Waals surface area contributed by atoms with Gasteiger partial charge in [-0.05, 0) is 6.42 Å². The Labute approximate surface area is 93.5 Å². The maximum Gasteiger partial charge on any atom is 0.323 e. The van der Waals surface area contributed by atoms with Gasteiger partial charge >= 0.3 is 5.97 Å². The van der Waals surface area contributed by atoms with Crippen LogP contribution < -0.4 is 5.32 Å². The molecule has 16 heavy (non-hydrogen) atoms. The maximum atomic E-state index is 11.9. The van der Waals surface area contributed by atoms with Crippen LogP contribution in [0.3, 0.4) is 0 Å². The molecule has 6 nitrogen and oxygen atoms in total. The number of carboxylic acid groups (broad SMARTS) is 1. The molecule has 90 valence electrons. The fraction of sp³-hybridized carbons (Fsp3) is 0.600. The molecule has 1 heterocycles. The molecule has 0 aromatic heterocycles. The number of aliphatic hydroxyl groups is 1. The van der Waals surface area contributed by atoms with Crippen molar-refractivity contribution in [1.29, 1.82) is 0 Å². The number of carbonyl (C=O) groups excluding carboxylic acids is 1. The molecule has 3 N–H and O–H groups in total. The smallest absolute Gasteiger partial charge is 0.323 e. The number of carboxylic acids is 1. The number of aliphatic hydroxyl groups excluding tert-OH is 1. The van der Waals surface area contributed by atoms with Crippen LogP contribution in [0.2, 0.25) is 0 Å². The molecule has 1 rings (SSSR count). The largest absolute Gasteiger partial charge is 0.480 e. The molecule has 0 bridgehead atoms. The number of nitrogens with zero attached hydrogens (tertiary/aromatic N) is 1. The van der Waals surface area contributed by atoms with Crippen LogP contribution in [0.15, 0.2) is 12.7 Å². The highest BCUT2D eigenvalue weighted by atomic mass is 16.4. The fourth-order valence-corrected chi connectivity index (χ4v) is 1.68. The Balaban J connectivity index is 2.59. The summed E-state index contributed by atoms with van der Waals surface area (Å²) in [7, 11) is 0. The molecule has 0 spiro atoms. The molecule has 1 amide bonds. The van der Waals surface area contributed by atoms with Gasteiger partial charge in [-0.25, -0.2) is 0 Å². The second-order valence-corrected chi connectivity index (χ2v) is 3.75. The lowest BCUT2D eigenvalue weighted by molar-refractivity contribution is -0.144. The molecule has 0 aromatic carbocycles. The summed E-state index contributed by atoms with van der Waals surface area (Å²) >= 11 is 0. The molecule has 6 heteroatoms. The average Bonchev–Trinajstić information content (AvgIpc) is 2.62. The van der Waals surface area contributed by atoms with Gasteiger partial charge in [-0.3, -0.25) is 9.59 Å². The number of nitrogens with one attached hydrogen (secondary N) is 1. The van der Waals surface area contributed by atoms with Gasteiger partial charge in [0.15, 0.2) is 0 Å². The second-order valence-electron chi connectivity index (χ2n) is 3.75. The van der Waals surface area contributed by atoms with E-state index in [0.717, 1.165) is 0 Å². The van der Waals surface area contributed by atoms with Crippen molar-refractivity contribution in [3.8, 4) is 0 Å². The minimum atomic E-state index is -1.06. The highest BCUT2D eigenvalue weighted by Crippen LogP contribution is 2.09. The lowest BCUT2D eigenvalue weighted by atomic mass is 10.2. The van der Waals surface area contributed by atoms with Crippen LogP contribution >= 0.6 is 0 Å². The first kappa shape index (κ1) is 12.7. The lowest BCUT2D eigenvalue weighted by Gasteiger charge is -2.22. The van der Waals surface area contributed by atoms with E-state index in [4.69, 9.17) is 5.11 Å². The molecule has 2 unspecified atom stereocenters. The van der Waals surface area contributed by atoms with Crippen molar-refractivity contribution >= 4 is 11.9 Å². The third-order valence-electron chi connectivity index (χ3n) is 2.39. The van der Waals surface area contributed by atoms with Gasteiger partial charge in [0.2, 0.25) is 5.91 Å². The van der Waals surface area contributed by atoms with Crippen molar-refractivity contribution < 1.29 is 19.8 Å². The number of β-amino-alcohol motifs (C(OH)–C–C–N with tert-alkyl or cyclic N) is 1. The van der Waals surface area contributed by atoms with Crippen LogP contribution in [0.4, 0.5) is 0 Å². The molecule has 1 saturated heterocycles. The minimum Gasteiger partial charge on any atom is -0.480 e. The van der Waals surface area contributed by atoms with Crippen molar-refractivity contribution in [3.05, 3.63) is 12.7 Å². The quantitative estimate of drug-likeness (QED) is 0.515. The Morgan fingerprint density at radius 3 is 2.69 bits per heavy atom. The summed E-state index contributed by atoms with van der Waals surface area (Å²) < 4.78 is 0. The fourth-order valence-electron chi connectivity index (χ4n) is 1.68. The van der Waals surface area contributed by atoms with Gasteiger partial charge in [0, 0.05) is 13.1 Å². The molecule has 2 atom stereocenters. The predicted molar refractivity (Wildman–Crippen MR) is 56.8 cm³/mol. The van der Waals surface area contributed by atoms with Gasteiger partial charge < -0.3 is 20.4 Å². The number of amides is 1. The second kappa shape index (κ2) is 5.62. The van der Waals surface area contributed by atoms with Gasteiger partial charge in [-0.2, -0.15) is 0 Å². The van der Waals surface area contributed by atoms with Crippen LogP contribution in [0, 0.1) is 0 Å². The standard InChI is InChI=1S/C10H16N2O4/c1-2-3-12(6-9(14)15)10(16)8-4-7(13)5-11-8/h2,7-8,11,13H,1,3-6H2,(H,14,15). The zero-order chi connectivity index (χ0) is 12.1. The first-order valence-corrected chi connectivity index (χ1v) is 5.07. The molecular formula is C10H16N2O4. The van der Waals surface area contributed by atoms with E-state index in [2.05, 4.69) is 11.9 Å². The van der Waals surface area contributed by atoms with E-state index < -0.39 is 18.1 Å². The Kier molecular flexibility index (Phi) is 4.45. The summed E-state index contributed by atoms with van der Waals surface area (Å²) in [5, 5.41) is 20.8. The summed E-state index contributed by atoms with van der Waals surface area (Å²) in [5.41, 5.74) is 0. The van der Waals surface area contributed by atoms with Crippen LogP contribution in [0.25, 0.3) is 0 Å². The number of hydrogen-bond acceptors (Lipinski definition) is 4. The maximum absolute atomic E-state index is 11.9. The SMILES string of the molecule is C=CCN(CC(=O)O)C(=O)C1CC(O)CN1. The van der Waals surface area contributed by atoms with E-state index in [9.17, 15) is 14.7 Å². The van der Waals surface area contributed by atoms with Crippen LogP contribution in [-0.4, -0.2) is 58.8 Å². The van der Waals surface area contributed by atoms with Crippen molar-refractivity contribution in [1.82, 2.24) is 10.2 Å². The van der Waals surface area contributed by atoms with Crippen molar-refractivity contribution in [2.24, 2.45) is 0 Å². The van der Waals surface area contributed by atoms with Gasteiger partial charge in [0.1, 0.15) is 6.54 Å². The van der Waals surface area contributed by atoms with Crippen molar-refractivity contribution in [3.63, 3.8) is 0 Å². The summed E-state index contributed by atoms with van der Waals surface area (Å²) in [6.45, 7) is 3.69. The predicted octanol–water partition coefficient (Wildman–Crippen LogP) is -1.19. The summed E-state index contributed by atoms with van der Waals surface area (Å²) in [4.78, 5) is 23.6. The van der Waals surface area contributed by atoms with E-state index in [-0.39, 0.29) is 19.0 Å². The first-order valence-electron chi connectivity index (χ1n) is 5.07. The van der Waals surface area contributed by atoms with E-state index >= 15 is 0 Å². The van der Waals surface area contributed by atoms with Crippen molar-refractivity contribution in [2.45, 2.75) is 18.6 Å².